The molecule has 1 aromatic heterocycles. The van der Waals surface area contributed by atoms with Crippen LogP contribution in [0.25, 0.3) is 82.4 Å². The standard InChI is InChI=1S/C56H38N2/c1-3-13-39(14-4-1)44-19-12-22-50(36-44)57(52-31-32-56-54(38-52)53-23-9-10-24-55(53)58(56)49-20-5-2-6-21-49)51-30-29-47-35-46(27-28-48(47)37-51)43-18-11-17-42(34-43)45-26-25-40-15-7-8-16-41(40)33-45/h1-38H. The summed E-state index contributed by atoms with van der Waals surface area (Å²) in [5.74, 6) is 0. The Morgan fingerprint density at radius 1 is 0.259 bits per heavy atom. The summed E-state index contributed by atoms with van der Waals surface area (Å²) in [6, 6.07) is 83.8. The Morgan fingerprint density at radius 2 is 0.759 bits per heavy atom. The van der Waals surface area contributed by atoms with Crippen LogP contribution in [0.1, 0.15) is 0 Å². The highest BCUT2D eigenvalue weighted by Crippen LogP contribution is 2.42. The fourth-order valence-corrected chi connectivity index (χ4v) is 8.66. The van der Waals surface area contributed by atoms with Gasteiger partial charge in [-0.1, -0.05) is 152 Å². The molecule has 272 valence electrons. The molecule has 2 nitrogen and oxygen atoms in total. The van der Waals surface area contributed by atoms with E-state index >= 15 is 0 Å². The van der Waals surface area contributed by atoms with E-state index in [1.807, 2.05) is 0 Å². The molecule has 0 fully saturated rings. The molecule has 0 aliphatic carbocycles. The molecular formula is C56H38N2. The van der Waals surface area contributed by atoms with Gasteiger partial charge in [0.05, 0.1) is 11.0 Å². The average Bonchev–Trinajstić information content (AvgIpc) is 3.63. The van der Waals surface area contributed by atoms with Crippen LogP contribution in [-0.2, 0) is 0 Å². The summed E-state index contributed by atoms with van der Waals surface area (Å²) in [4.78, 5) is 2.40. The van der Waals surface area contributed by atoms with Gasteiger partial charge in [0.15, 0.2) is 0 Å². The third-order valence-electron chi connectivity index (χ3n) is 11.5. The van der Waals surface area contributed by atoms with E-state index in [-0.39, 0.29) is 0 Å². The van der Waals surface area contributed by atoms with E-state index in [2.05, 4.69) is 240 Å². The average molecular weight is 739 g/mol. The van der Waals surface area contributed by atoms with Crippen LogP contribution in [0.3, 0.4) is 0 Å². The van der Waals surface area contributed by atoms with Crippen LogP contribution in [0.4, 0.5) is 17.1 Å². The summed E-state index contributed by atoms with van der Waals surface area (Å²) in [6.07, 6.45) is 0. The molecule has 0 radical (unpaired) electrons. The van der Waals surface area contributed by atoms with Crippen molar-refractivity contribution in [2.45, 2.75) is 0 Å². The molecule has 11 aromatic rings. The molecule has 1 heterocycles. The maximum Gasteiger partial charge on any atom is 0.0542 e. The molecule has 0 amide bonds. The minimum atomic E-state index is 1.11. The van der Waals surface area contributed by atoms with Gasteiger partial charge in [-0.15, -0.1) is 0 Å². The lowest BCUT2D eigenvalue weighted by molar-refractivity contribution is 1.18. The van der Waals surface area contributed by atoms with Crippen LogP contribution >= 0.6 is 0 Å². The molecule has 11 rings (SSSR count). The quantitative estimate of drug-likeness (QED) is 0.158. The van der Waals surface area contributed by atoms with Crippen molar-refractivity contribution >= 4 is 60.4 Å². The zero-order valence-electron chi connectivity index (χ0n) is 31.8. The number of para-hydroxylation sites is 2. The van der Waals surface area contributed by atoms with E-state index < -0.39 is 0 Å². The number of nitrogens with zero attached hydrogens (tertiary/aromatic N) is 2. The topological polar surface area (TPSA) is 8.17 Å². The van der Waals surface area contributed by atoms with Gasteiger partial charge in [-0.3, -0.25) is 0 Å². The summed E-state index contributed by atoms with van der Waals surface area (Å²) in [6.45, 7) is 0. The number of aromatic nitrogens is 1. The number of anilines is 3. The fraction of sp³-hybridized carbons (Fsp3) is 0. The van der Waals surface area contributed by atoms with Crippen LogP contribution < -0.4 is 4.90 Å². The summed E-state index contributed by atoms with van der Waals surface area (Å²) < 4.78 is 2.37. The predicted molar refractivity (Wildman–Crippen MR) is 247 cm³/mol. The molecule has 58 heavy (non-hydrogen) atoms. The highest BCUT2D eigenvalue weighted by molar-refractivity contribution is 6.11. The van der Waals surface area contributed by atoms with Crippen molar-refractivity contribution in [3.05, 3.63) is 231 Å². The highest BCUT2D eigenvalue weighted by Gasteiger charge is 2.18. The first-order valence-electron chi connectivity index (χ1n) is 19.9. The third kappa shape index (κ3) is 6.00. The van der Waals surface area contributed by atoms with Crippen molar-refractivity contribution < 1.29 is 0 Å². The molecule has 0 saturated carbocycles. The summed E-state index contributed by atoms with van der Waals surface area (Å²) in [5.41, 5.74) is 14.1. The third-order valence-corrected chi connectivity index (χ3v) is 11.5. The second kappa shape index (κ2) is 14.1. The molecule has 0 aliphatic rings. The van der Waals surface area contributed by atoms with E-state index in [0.717, 1.165) is 22.7 Å². The smallest absolute Gasteiger partial charge is 0.0542 e. The molecule has 0 aliphatic heterocycles. The summed E-state index contributed by atoms with van der Waals surface area (Å²) >= 11 is 0. The van der Waals surface area contributed by atoms with E-state index in [4.69, 9.17) is 0 Å². The van der Waals surface area contributed by atoms with Crippen molar-refractivity contribution in [2.75, 3.05) is 4.90 Å². The fourth-order valence-electron chi connectivity index (χ4n) is 8.66. The van der Waals surface area contributed by atoms with Crippen LogP contribution in [-0.4, -0.2) is 4.57 Å². The van der Waals surface area contributed by atoms with Crippen molar-refractivity contribution in [2.24, 2.45) is 0 Å². The summed E-state index contributed by atoms with van der Waals surface area (Å²) in [7, 11) is 0. The predicted octanol–water partition coefficient (Wildman–Crippen LogP) is 15.6. The zero-order chi connectivity index (χ0) is 38.4. The SMILES string of the molecule is c1ccc(-c2cccc(N(c3ccc4cc(-c5cccc(-c6ccc7ccccc7c6)c5)ccc4c3)c3ccc4c(c3)c3ccccc3n4-c3ccccc3)c2)cc1. The second-order valence-corrected chi connectivity index (χ2v) is 15.0. The molecule has 0 unspecified atom stereocenters. The van der Waals surface area contributed by atoms with Gasteiger partial charge in [0.1, 0.15) is 0 Å². The van der Waals surface area contributed by atoms with Crippen LogP contribution in [0.5, 0.6) is 0 Å². The lowest BCUT2D eigenvalue weighted by atomic mass is 9.96. The number of benzene rings is 10. The Kier molecular flexibility index (Phi) is 8.19. The Balaban J connectivity index is 1.02. The van der Waals surface area contributed by atoms with E-state index in [0.29, 0.717) is 0 Å². The van der Waals surface area contributed by atoms with Gasteiger partial charge < -0.3 is 9.47 Å². The van der Waals surface area contributed by atoms with E-state index in [1.165, 1.54) is 76.7 Å². The van der Waals surface area contributed by atoms with Gasteiger partial charge in [0.25, 0.3) is 0 Å². The minimum Gasteiger partial charge on any atom is -0.310 e. The maximum atomic E-state index is 2.40. The molecular weight excluding hydrogens is 701 g/mol. The maximum absolute atomic E-state index is 2.40. The van der Waals surface area contributed by atoms with Gasteiger partial charge in [-0.25, -0.2) is 0 Å². The second-order valence-electron chi connectivity index (χ2n) is 15.0. The van der Waals surface area contributed by atoms with Crippen molar-refractivity contribution in [1.29, 1.82) is 0 Å². The molecule has 10 aromatic carbocycles. The van der Waals surface area contributed by atoms with Crippen molar-refractivity contribution in [1.82, 2.24) is 4.57 Å². The highest BCUT2D eigenvalue weighted by atomic mass is 15.1. The first-order valence-corrected chi connectivity index (χ1v) is 19.9. The molecule has 0 atom stereocenters. The lowest BCUT2D eigenvalue weighted by Gasteiger charge is -2.26. The largest absolute Gasteiger partial charge is 0.310 e. The van der Waals surface area contributed by atoms with E-state index in [1.54, 1.807) is 0 Å². The molecule has 0 spiro atoms. The first-order chi connectivity index (χ1) is 28.7. The number of fused-ring (bicyclic) bond motifs is 5. The number of rotatable bonds is 7. The van der Waals surface area contributed by atoms with Gasteiger partial charge in [0, 0.05) is 33.5 Å². The minimum absolute atomic E-state index is 1.11. The van der Waals surface area contributed by atoms with Gasteiger partial charge in [-0.2, -0.15) is 0 Å². The molecule has 0 saturated heterocycles. The number of hydrogen-bond acceptors (Lipinski definition) is 1. The molecule has 0 bridgehead atoms. The van der Waals surface area contributed by atoms with Crippen LogP contribution in [0.2, 0.25) is 0 Å². The monoisotopic (exact) mass is 738 g/mol. The van der Waals surface area contributed by atoms with Gasteiger partial charge in [0.2, 0.25) is 0 Å². The van der Waals surface area contributed by atoms with Crippen molar-refractivity contribution in [3.63, 3.8) is 0 Å². The van der Waals surface area contributed by atoms with Crippen LogP contribution in [0.15, 0.2) is 231 Å². The number of hydrogen-bond donors (Lipinski definition) is 0. The Labute approximate surface area is 338 Å². The molecule has 2 heteroatoms. The van der Waals surface area contributed by atoms with E-state index in [9.17, 15) is 0 Å². The van der Waals surface area contributed by atoms with Crippen LogP contribution in [0, 0.1) is 0 Å². The summed E-state index contributed by atoms with van der Waals surface area (Å²) in [5, 5.41) is 7.37. The Morgan fingerprint density at radius 3 is 1.55 bits per heavy atom. The Bertz CT molecular complexity index is 3290. The zero-order valence-corrected chi connectivity index (χ0v) is 31.8. The van der Waals surface area contributed by atoms with Gasteiger partial charge in [-0.05, 0) is 134 Å². The lowest BCUT2D eigenvalue weighted by Crippen LogP contribution is -2.10. The Hall–Kier alpha value is -7.68. The van der Waals surface area contributed by atoms with Gasteiger partial charge >= 0.3 is 0 Å². The van der Waals surface area contributed by atoms with Crippen molar-refractivity contribution in [3.8, 4) is 39.1 Å². The molecule has 0 N–H and O–H groups in total. The first kappa shape index (κ1) is 33.6. The normalized spacial score (nSPS) is 11.4.